The van der Waals surface area contributed by atoms with Gasteiger partial charge >= 0.3 is 0 Å². The van der Waals surface area contributed by atoms with Gasteiger partial charge in [0.2, 0.25) is 5.91 Å². The minimum atomic E-state index is 0.0402. The highest BCUT2D eigenvalue weighted by Gasteiger charge is 2.29. The Morgan fingerprint density at radius 3 is 2.53 bits per heavy atom. The van der Waals surface area contributed by atoms with Crippen LogP contribution in [0.15, 0.2) is 29.4 Å². The SMILES string of the molecule is COc1ccc(-c2nnc(SCC(=O)NC(C)C(C)C)n2C2CCCCC2C)cc1. The zero-order chi connectivity index (χ0) is 21.7. The van der Waals surface area contributed by atoms with Crippen molar-refractivity contribution in [3.63, 3.8) is 0 Å². The lowest BCUT2D eigenvalue weighted by Gasteiger charge is -2.31. The fourth-order valence-electron chi connectivity index (χ4n) is 3.88. The summed E-state index contributed by atoms with van der Waals surface area (Å²) in [5.74, 6) is 3.04. The average Bonchev–Trinajstić information content (AvgIpc) is 3.16. The highest BCUT2D eigenvalue weighted by molar-refractivity contribution is 7.99. The quantitative estimate of drug-likeness (QED) is 0.600. The largest absolute Gasteiger partial charge is 0.497 e. The summed E-state index contributed by atoms with van der Waals surface area (Å²) >= 11 is 1.48. The Labute approximate surface area is 184 Å². The van der Waals surface area contributed by atoms with E-state index >= 15 is 0 Å². The fourth-order valence-corrected chi connectivity index (χ4v) is 4.69. The van der Waals surface area contributed by atoms with E-state index in [-0.39, 0.29) is 11.9 Å². The second-order valence-corrected chi connectivity index (χ2v) is 9.57. The molecule has 0 radical (unpaired) electrons. The van der Waals surface area contributed by atoms with Gasteiger partial charge in [-0.3, -0.25) is 9.36 Å². The van der Waals surface area contributed by atoms with Gasteiger partial charge in [0.25, 0.3) is 0 Å². The summed E-state index contributed by atoms with van der Waals surface area (Å²) in [4.78, 5) is 12.4. The van der Waals surface area contributed by atoms with E-state index in [9.17, 15) is 4.79 Å². The second kappa shape index (κ2) is 10.3. The maximum absolute atomic E-state index is 12.4. The van der Waals surface area contributed by atoms with Gasteiger partial charge in [-0.25, -0.2) is 0 Å². The summed E-state index contributed by atoms with van der Waals surface area (Å²) in [7, 11) is 1.67. The van der Waals surface area contributed by atoms with Crippen molar-refractivity contribution < 1.29 is 9.53 Å². The van der Waals surface area contributed by atoms with Crippen LogP contribution in [0, 0.1) is 11.8 Å². The Morgan fingerprint density at radius 2 is 1.90 bits per heavy atom. The number of thioether (sulfide) groups is 1. The number of hydrogen-bond acceptors (Lipinski definition) is 5. The highest BCUT2D eigenvalue weighted by atomic mass is 32.2. The van der Waals surface area contributed by atoms with Crippen molar-refractivity contribution in [1.29, 1.82) is 0 Å². The maximum atomic E-state index is 12.4. The number of benzene rings is 1. The molecule has 3 unspecified atom stereocenters. The summed E-state index contributed by atoms with van der Waals surface area (Å²) in [6, 6.07) is 8.46. The first-order valence-corrected chi connectivity index (χ1v) is 11.9. The summed E-state index contributed by atoms with van der Waals surface area (Å²) in [5, 5.41) is 12.9. The molecule has 3 atom stereocenters. The molecule has 1 fully saturated rings. The standard InChI is InChI=1S/C23H34N4O2S/c1-15(2)17(4)24-21(28)14-30-23-26-25-22(18-10-12-19(29-5)13-11-18)27(23)20-9-7-6-8-16(20)3/h10-13,15-17,20H,6-9,14H2,1-5H3,(H,24,28). The summed E-state index contributed by atoms with van der Waals surface area (Å²) < 4.78 is 7.57. The third-order valence-electron chi connectivity index (χ3n) is 6.13. The third kappa shape index (κ3) is 5.36. The summed E-state index contributed by atoms with van der Waals surface area (Å²) in [6.45, 7) is 8.58. The van der Waals surface area contributed by atoms with Crippen LogP contribution >= 0.6 is 11.8 Å². The lowest BCUT2D eigenvalue weighted by Crippen LogP contribution is -2.37. The molecule has 30 heavy (non-hydrogen) atoms. The van der Waals surface area contributed by atoms with E-state index < -0.39 is 0 Å². The third-order valence-corrected chi connectivity index (χ3v) is 7.07. The van der Waals surface area contributed by atoms with Gasteiger partial charge < -0.3 is 10.1 Å². The van der Waals surface area contributed by atoms with Gasteiger partial charge in [-0.05, 0) is 55.9 Å². The van der Waals surface area contributed by atoms with Crippen molar-refractivity contribution in [2.45, 2.75) is 70.6 Å². The molecule has 1 aromatic heterocycles. The Kier molecular flexibility index (Phi) is 7.81. The van der Waals surface area contributed by atoms with E-state index in [0.717, 1.165) is 28.7 Å². The lowest BCUT2D eigenvalue weighted by atomic mass is 9.85. The predicted molar refractivity (Wildman–Crippen MR) is 122 cm³/mol. The lowest BCUT2D eigenvalue weighted by molar-refractivity contribution is -0.119. The maximum Gasteiger partial charge on any atom is 0.230 e. The van der Waals surface area contributed by atoms with Crippen LogP contribution < -0.4 is 10.1 Å². The average molecular weight is 431 g/mol. The minimum Gasteiger partial charge on any atom is -0.497 e. The Bertz CT molecular complexity index is 834. The first-order chi connectivity index (χ1) is 14.4. The van der Waals surface area contributed by atoms with Crippen molar-refractivity contribution in [3.05, 3.63) is 24.3 Å². The molecular weight excluding hydrogens is 396 g/mol. The normalized spacial score (nSPS) is 20.2. The van der Waals surface area contributed by atoms with E-state index in [1.807, 2.05) is 31.2 Å². The van der Waals surface area contributed by atoms with E-state index in [1.165, 1.54) is 31.0 Å². The highest BCUT2D eigenvalue weighted by Crippen LogP contribution is 2.39. The molecule has 2 aromatic rings. The van der Waals surface area contributed by atoms with Crippen LogP contribution in [0.5, 0.6) is 5.75 Å². The molecule has 1 aliphatic rings. The predicted octanol–water partition coefficient (Wildman–Crippen LogP) is 4.96. The number of carbonyl (C=O) groups excluding carboxylic acids is 1. The number of rotatable bonds is 8. The zero-order valence-corrected chi connectivity index (χ0v) is 19.5. The van der Waals surface area contributed by atoms with Crippen LogP contribution in [0.4, 0.5) is 0 Å². The molecule has 1 aromatic carbocycles. The molecular formula is C23H34N4O2S. The molecule has 7 heteroatoms. The molecule has 0 spiro atoms. The van der Waals surface area contributed by atoms with Crippen LogP contribution in [0.25, 0.3) is 11.4 Å². The summed E-state index contributed by atoms with van der Waals surface area (Å²) in [6.07, 6.45) is 4.81. The molecule has 0 saturated heterocycles. The molecule has 1 N–H and O–H groups in total. The molecule has 1 saturated carbocycles. The number of carbonyl (C=O) groups is 1. The Balaban J connectivity index is 1.85. The van der Waals surface area contributed by atoms with E-state index in [1.54, 1.807) is 7.11 Å². The van der Waals surface area contributed by atoms with Gasteiger partial charge in [0.1, 0.15) is 5.75 Å². The molecule has 1 amide bonds. The van der Waals surface area contributed by atoms with E-state index in [2.05, 4.69) is 40.9 Å². The van der Waals surface area contributed by atoms with Gasteiger partial charge in [0.05, 0.1) is 12.9 Å². The molecule has 1 aliphatic carbocycles. The molecule has 0 bridgehead atoms. The number of nitrogens with one attached hydrogen (secondary N) is 1. The zero-order valence-electron chi connectivity index (χ0n) is 18.7. The van der Waals surface area contributed by atoms with E-state index in [0.29, 0.717) is 23.6 Å². The van der Waals surface area contributed by atoms with Gasteiger partial charge in [-0.15, -0.1) is 10.2 Å². The molecule has 164 valence electrons. The van der Waals surface area contributed by atoms with Crippen molar-refractivity contribution in [3.8, 4) is 17.1 Å². The number of ether oxygens (including phenoxy) is 1. The number of methoxy groups -OCH3 is 1. The van der Waals surface area contributed by atoms with Gasteiger partial charge in [0, 0.05) is 17.6 Å². The number of aromatic nitrogens is 3. The van der Waals surface area contributed by atoms with Gasteiger partial charge in [-0.2, -0.15) is 0 Å². The van der Waals surface area contributed by atoms with E-state index in [4.69, 9.17) is 4.74 Å². The van der Waals surface area contributed by atoms with Crippen LogP contribution in [0.3, 0.4) is 0 Å². The van der Waals surface area contributed by atoms with Crippen LogP contribution in [0.1, 0.15) is 59.4 Å². The Morgan fingerprint density at radius 1 is 1.20 bits per heavy atom. The van der Waals surface area contributed by atoms with Crippen LogP contribution in [0.2, 0.25) is 0 Å². The van der Waals surface area contributed by atoms with Gasteiger partial charge in [0.15, 0.2) is 11.0 Å². The number of hydrogen-bond donors (Lipinski definition) is 1. The first-order valence-electron chi connectivity index (χ1n) is 10.9. The number of nitrogens with zero attached hydrogens (tertiary/aromatic N) is 3. The van der Waals surface area contributed by atoms with Crippen molar-refractivity contribution in [1.82, 2.24) is 20.1 Å². The van der Waals surface area contributed by atoms with Gasteiger partial charge in [-0.1, -0.05) is 45.4 Å². The van der Waals surface area contributed by atoms with Crippen LogP contribution in [-0.4, -0.2) is 39.6 Å². The first kappa shape index (κ1) is 22.7. The van der Waals surface area contributed by atoms with Crippen molar-refractivity contribution >= 4 is 17.7 Å². The molecule has 6 nitrogen and oxygen atoms in total. The fraction of sp³-hybridized carbons (Fsp3) is 0.609. The Hall–Kier alpha value is -2.02. The van der Waals surface area contributed by atoms with Crippen molar-refractivity contribution in [2.24, 2.45) is 11.8 Å². The molecule has 0 aliphatic heterocycles. The summed E-state index contributed by atoms with van der Waals surface area (Å²) in [5.41, 5.74) is 1.02. The molecule has 1 heterocycles. The topological polar surface area (TPSA) is 69.0 Å². The monoisotopic (exact) mass is 430 g/mol. The molecule has 3 rings (SSSR count). The second-order valence-electron chi connectivity index (χ2n) is 8.62. The number of amides is 1. The smallest absolute Gasteiger partial charge is 0.230 e. The van der Waals surface area contributed by atoms with Crippen molar-refractivity contribution in [2.75, 3.05) is 12.9 Å². The minimum absolute atomic E-state index is 0.0402. The van der Waals surface area contributed by atoms with Crippen LogP contribution in [-0.2, 0) is 4.79 Å².